The van der Waals surface area contributed by atoms with Crippen molar-refractivity contribution < 1.29 is 14.3 Å². The van der Waals surface area contributed by atoms with Crippen LogP contribution in [0.1, 0.15) is 25.6 Å². The van der Waals surface area contributed by atoms with Crippen molar-refractivity contribution in [2.24, 2.45) is 0 Å². The van der Waals surface area contributed by atoms with Gasteiger partial charge in [0, 0.05) is 10.6 Å². The first kappa shape index (κ1) is 14.6. The molecule has 0 aliphatic carbocycles. The number of hydrogen-bond donors (Lipinski definition) is 1. The molecule has 0 aliphatic rings. The molecule has 0 saturated heterocycles. The van der Waals surface area contributed by atoms with Gasteiger partial charge in [-0.3, -0.25) is 4.79 Å². The van der Waals surface area contributed by atoms with Crippen molar-refractivity contribution in [3.63, 3.8) is 0 Å². The Morgan fingerprint density at radius 2 is 2.05 bits per heavy atom. The van der Waals surface area contributed by atoms with Crippen LogP contribution in [0.25, 0.3) is 0 Å². The summed E-state index contributed by atoms with van der Waals surface area (Å²) in [5, 5.41) is 4.90. The Morgan fingerprint density at radius 1 is 1.30 bits per heavy atom. The smallest absolute Gasteiger partial charge is 0.350 e. The van der Waals surface area contributed by atoms with Gasteiger partial charge in [-0.05, 0) is 42.1 Å². The third-order valence-electron chi connectivity index (χ3n) is 2.59. The molecule has 1 amide bonds. The summed E-state index contributed by atoms with van der Waals surface area (Å²) < 4.78 is 4.66. The first-order valence-electron chi connectivity index (χ1n) is 5.75. The van der Waals surface area contributed by atoms with Crippen LogP contribution in [0.3, 0.4) is 0 Å². The Balaban J connectivity index is 2.24. The van der Waals surface area contributed by atoms with Crippen molar-refractivity contribution in [2.75, 3.05) is 12.4 Å². The van der Waals surface area contributed by atoms with Crippen molar-refractivity contribution in [3.8, 4) is 0 Å². The highest BCUT2D eigenvalue weighted by atomic mass is 35.5. The van der Waals surface area contributed by atoms with E-state index in [1.54, 1.807) is 29.6 Å². The minimum absolute atomic E-state index is 0.320. The summed E-state index contributed by atoms with van der Waals surface area (Å²) in [6.45, 7) is 1.85. The van der Waals surface area contributed by atoms with E-state index in [0.717, 1.165) is 5.56 Å². The van der Waals surface area contributed by atoms with E-state index in [0.29, 0.717) is 21.2 Å². The maximum atomic E-state index is 12.2. The van der Waals surface area contributed by atoms with E-state index in [2.05, 4.69) is 10.1 Å². The predicted octanol–water partition coefficient (Wildman–Crippen LogP) is 3.75. The van der Waals surface area contributed by atoms with E-state index in [1.165, 1.54) is 18.4 Å². The van der Waals surface area contributed by atoms with Gasteiger partial charge in [0.15, 0.2) is 0 Å². The number of aryl methyl sites for hydroxylation is 1. The quantitative estimate of drug-likeness (QED) is 0.879. The molecule has 2 aromatic rings. The van der Waals surface area contributed by atoms with Crippen LogP contribution < -0.4 is 5.32 Å². The second-order valence-corrected chi connectivity index (χ2v) is 5.48. The molecule has 0 spiro atoms. The largest absolute Gasteiger partial charge is 0.465 e. The van der Waals surface area contributed by atoms with E-state index >= 15 is 0 Å². The number of benzene rings is 1. The minimum Gasteiger partial charge on any atom is -0.465 e. The van der Waals surface area contributed by atoms with Gasteiger partial charge < -0.3 is 10.1 Å². The number of anilines is 1. The number of rotatable bonds is 3. The number of amides is 1. The minimum atomic E-state index is -0.474. The Bertz CT molecular complexity index is 646. The van der Waals surface area contributed by atoms with Gasteiger partial charge in [0.1, 0.15) is 4.88 Å². The van der Waals surface area contributed by atoms with Gasteiger partial charge in [-0.25, -0.2) is 4.79 Å². The summed E-state index contributed by atoms with van der Waals surface area (Å²) in [6.07, 6.45) is 0. The molecular formula is C14H12ClNO3S. The fourth-order valence-electron chi connectivity index (χ4n) is 1.72. The maximum absolute atomic E-state index is 12.2. The summed E-state index contributed by atoms with van der Waals surface area (Å²) in [4.78, 5) is 24.1. The summed E-state index contributed by atoms with van der Waals surface area (Å²) in [6, 6.07) is 6.73. The molecule has 0 aliphatic heterocycles. The van der Waals surface area contributed by atoms with Gasteiger partial charge in [0.05, 0.1) is 12.8 Å². The molecule has 20 heavy (non-hydrogen) atoms. The lowest BCUT2D eigenvalue weighted by Gasteiger charge is -2.07. The monoisotopic (exact) mass is 309 g/mol. The Hall–Kier alpha value is -1.85. The molecule has 0 fully saturated rings. The van der Waals surface area contributed by atoms with Gasteiger partial charge in [-0.1, -0.05) is 11.6 Å². The van der Waals surface area contributed by atoms with Gasteiger partial charge >= 0.3 is 5.97 Å². The average Bonchev–Trinajstić information content (AvgIpc) is 2.84. The zero-order chi connectivity index (χ0) is 14.7. The van der Waals surface area contributed by atoms with Crippen LogP contribution in [-0.2, 0) is 4.74 Å². The molecule has 0 bridgehead atoms. The van der Waals surface area contributed by atoms with Crippen LogP contribution in [0.5, 0.6) is 0 Å². The van der Waals surface area contributed by atoms with E-state index in [4.69, 9.17) is 11.6 Å². The highest BCUT2D eigenvalue weighted by Crippen LogP contribution is 2.24. The van der Waals surface area contributed by atoms with Crippen LogP contribution in [0.4, 0.5) is 5.69 Å². The van der Waals surface area contributed by atoms with E-state index in [1.807, 2.05) is 6.92 Å². The maximum Gasteiger partial charge on any atom is 0.350 e. The first-order valence-corrected chi connectivity index (χ1v) is 7.01. The molecule has 1 aromatic carbocycles. The summed E-state index contributed by atoms with van der Waals surface area (Å²) >= 11 is 7.14. The zero-order valence-electron chi connectivity index (χ0n) is 10.9. The van der Waals surface area contributed by atoms with Crippen LogP contribution >= 0.6 is 22.9 Å². The van der Waals surface area contributed by atoms with Crippen molar-refractivity contribution in [3.05, 3.63) is 50.7 Å². The molecular weight excluding hydrogens is 298 g/mol. The number of halogens is 1. The van der Waals surface area contributed by atoms with Crippen molar-refractivity contribution in [2.45, 2.75) is 6.92 Å². The SMILES string of the molecule is COC(=O)c1sccc1NC(=O)c1cc(C)cc(Cl)c1. The van der Waals surface area contributed by atoms with E-state index in [9.17, 15) is 9.59 Å². The number of esters is 1. The summed E-state index contributed by atoms with van der Waals surface area (Å²) in [5.41, 5.74) is 1.77. The molecule has 0 saturated carbocycles. The van der Waals surface area contributed by atoms with Crippen LogP contribution in [-0.4, -0.2) is 19.0 Å². The molecule has 1 heterocycles. The summed E-state index contributed by atoms with van der Waals surface area (Å²) in [7, 11) is 1.30. The molecule has 0 atom stereocenters. The van der Waals surface area contributed by atoms with Gasteiger partial charge in [-0.15, -0.1) is 11.3 Å². The number of hydrogen-bond acceptors (Lipinski definition) is 4. The first-order chi connectivity index (χ1) is 9.51. The number of nitrogens with one attached hydrogen (secondary N) is 1. The van der Waals surface area contributed by atoms with Gasteiger partial charge in [-0.2, -0.15) is 0 Å². The lowest BCUT2D eigenvalue weighted by Crippen LogP contribution is -2.14. The normalized spacial score (nSPS) is 10.2. The van der Waals surface area contributed by atoms with Gasteiger partial charge in [0.2, 0.25) is 0 Å². The number of methoxy groups -OCH3 is 1. The zero-order valence-corrected chi connectivity index (χ0v) is 12.5. The fraction of sp³-hybridized carbons (Fsp3) is 0.143. The van der Waals surface area contributed by atoms with Crippen molar-refractivity contribution in [1.29, 1.82) is 0 Å². The highest BCUT2D eigenvalue weighted by Gasteiger charge is 2.16. The third-order valence-corrected chi connectivity index (χ3v) is 3.70. The molecule has 1 aromatic heterocycles. The van der Waals surface area contributed by atoms with Crippen LogP contribution in [0, 0.1) is 6.92 Å². The van der Waals surface area contributed by atoms with Crippen molar-refractivity contribution in [1.82, 2.24) is 0 Å². The molecule has 6 heteroatoms. The third kappa shape index (κ3) is 3.18. The lowest BCUT2D eigenvalue weighted by molar-refractivity contribution is 0.0607. The standard InChI is InChI=1S/C14H12ClNO3S/c1-8-5-9(7-10(15)6-8)13(17)16-11-3-4-20-12(11)14(18)19-2/h3-7H,1-2H3,(H,16,17). The topological polar surface area (TPSA) is 55.4 Å². The molecule has 1 N–H and O–H groups in total. The molecule has 104 valence electrons. The molecule has 2 rings (SSSR count). The summed E-state index contributed by atoms with van der Waals surface area (Å²) in [5.74, 6) is -0.795. The number of thiophene rings is 1. The molecule has 0 unspecified atom stereocenters. The Labute approximate surface area is 125 Å². The van der Waals surface area contributed by atoms with Crippen molar-refractivity contribution >= 4 is 40.5 Å². The van der Waals surface area contributed by atoms with Gasteiger partial charge in [0.25, 0.3) is 5.91 Å². The highest BCUT2D eigenvalue weighted by molar-refractivity contribution is 7.12. The molecule has 0 radical (unpaired) electrons. The predicted molar refractivity (Wildman–Crippen MR) is 79.8 cm³/mol. The lowest BCUT2D eigenvalue weighted by atomic mass is 10.1. The fourth-order valence-corrected chi connectivity index (χ4v) is 2.78. The number of carbonyl (C=O) groups is 2. The number of ether oxygens (including phenoxy) is 1. The number of carbonyl (C=O) groups excluding carboxylic acids is 2. The van der Waals surface area contributed by atoms with E-state index < -0.39 is 5.97 Å². The average molecular weight is 310 g/mol. The molecule has 4 nitrogen and oxygen atoms in total. The Kier molecular flexibility index (Phi) is 4.42. The van der Waals surface area contributed by atoms with Crippen LogP contribution in [0.2, 0.25) is 5.02 Å². The second-order valence-electron chi connectivity index (χ2n) is 4.13. The second kappa shape index (κ2) is 6.07. The van der Waals surface area contributed by atoms with Crippen LogP contribution in [0.15, 0.2) is 29.6 Å². The Morgan fingerprint density at radius 3 is 2.70 bits per heavy atom. The van der Waals surface area contributed by atoms with E-state index in [-0.39, 0.29) is 5.91 Å².